The van der Waals surface area contributed by atoms with Gasteiger partial charge in [-0.05, 0) is 18.9 Å². The Kier molecular flexibility index (Phi) is 6.06. The van der Waals surface area contributed by atoms with Crippen LogP contribution in [-0.4, -0.2) is 67.9 Å². The van der Waals surface area contributed by atoms with Gasteiger partial charge < -0.3 is 19.3 Å². The number of carboxylic acids is 1. The van der Waals surface area contributed by atoms with Crippen molar-refractivity contribution in [1.82, 2.24) is 15.0 Å². The number of thioether (sulfide) groups is 1. The van der Waals surface area contributed by atoms with Crippen molar-refractivity contribution in [3.63, 3.8) is 0 Å². The van der Waals surface area contributed by atoms with E-state index in [2.05, 4.69) is 10.1 Å². The lowest BCUT2D eigenvalue weighted by atomic mass is 9.92. The van der Waals surface area contributed by atoms with Crippen molar-refractivity contribution in [2.24, 2.45) is 0 Å². The molecule has 3 aliphatic rings. The van der Waals surface area contributed by atoms with E-state index >= 15 is 0 Å². The van der Waals surface area contributed by atoms with Crippen LogP contribution in [0.5, 0.6) is 5.88 Å². The fraction of sp³-hybridized carbons (Fsp3) is 0.500. The van der Waals surface area contributed by atoms with Crippen molar-refractivity contribution in [2.75, 3.05) is 18.8 Å². The molecule has 1 unspecified atom stereocenters. The first-order chi connectivity index (χ1) is 15.2. The predicted molar refractivity (Wildman–Crippen MR) is 107 cm³/mol. The monoisotopic (exact) mass is 471 g/mol. The minimum atomic E-state index is -5.08. The Morgan fingerprint density at radius 1 is 1.28 bits per heavy atom. The number of carbonyl (C=O) groups is 2. The third kappa shape index (κ3) is 5.17. The first-order valence-electron chi connectivity index (χ1n) is 9.93. The van der Waals surface area contributed by atoms with E-state index < -0.39 is 12.1 Å². The number of aromatic nitrogens is 2. The number of hydrogen-bond donors (Lipinski definition) is 1. The zero-order valence-corrected chi connectivity index (χ0v) is 17.6. The number of amides is 1. The quantitative estimate of drug-likeness (QED) is 0.724. The van der Waals surface area contributed by atoms with Gasteiger partial charge in [0.1, 0.15) is 11.9 Å². The van der Waals surface area contributed by atoms with Gasteiger partial charge in [-0.1, -0.05) is 11.2 Å². The molecule has 2 saturated heterocycles. The molecule has 1 spiro atoms. The number of alkyl halides is 3. The van der Waals surface area contributed by atoms with Crippen LogP contribution in [0.3, 0.4) is 0 Å². The molecular formula is C20H20F3N3O5S. The van der Waals surface area contributed by atoms with Crippen molar-refractivity contribution in [2.45, 2.75) is 42.2 Å². The molecule has 5 rings (SSSR count). The number of carboxylic acid groups (broad SMARTS) is 1. The van der Waals surface area contributed by atoms with E-state index in [1.54, 1.807) is 6.20 Å². The Hall–Kier alpha value is -2.76. The predicted octanol–water partition coefficient (Wildman–Crippen LogP) is 3.36. The van der Waals surface area contributed by atoms with E-state index in [-0.39, 0.29) is 16.8 Å². The summed E-state index contributed by atoms with van der Waals surface area (Å²) in [6.07, 6.45) is 0.0497. The van der Waals surface area contributed by atoms with E-state index in [1.807, 2.05) is 40.9 Å². The first kappa shape index (κ1) is 22.4. The van der Waals surface area contributed by atoms with Gasteiger partial charge in [-0.15, -0.1) is 11.8 Å². The summed E-state index contributed by atoms with van der Waals surface area (Å²) >= 11 is 1.90. The van der Waals surface area contributed by atoms with Crippen LogP contribution in [0.15, 0.2) is 35.0 Å². The lowest BCUT2D eigenvalue weighted by Crippen LogP contribution is -2.60. The van der Waals surface area contributed by atoms with Crippen LogP contribution in [-0.2, 0) is 4.79 Å². The summed E-state index contributed by atoms with van der Waals surface area (Å²) in [7, 11) is 0. The minimum absolute atomic E-state index is 0.0176. The largest absolute Gasteiger partial charge is 0.490 e. The van der Waals surface area contributed by atoms with Gasteiger partial charge >= 0.3 is 12.1 Å². The van der Waals surface area contributed by atoms with Gasteiger partial charge in [-0.3, -0.25) is 4.79 Å². The van der Waals surface area contributed by atoms with Gasteiger partial charge in [0.25, 0.3) is 5.91 Å². The first-order valence-corrected chi connectivity index (χ1v) is 10.9. The molecule has 1 saturated carbocycles. The maximum atomic E-state index is 12.5. The molecule has 3 fully saturated rings. The second-order valence-electron chi connectivity index (χ2n) is 7.96. The normalized spacial score (nSPS) is 21.5. The molecule has 32 heavy (non-hydrogen) atoms. The average molecular weight is 471 g/mol. The lowest BCUT2D eigenvalue weighted by molar-refractivity contribution is -0.192. The van der Waals surface area contributed by atoms with Gasteiger partial charge in [-0.25, -0.2) is 9.78 Å². The molecular weight excluding hydrogens is 451 g/mol. The minimum Gasteiger partial charge on any atom is -0.475 e. The molecule has 0 aromatic carbocycles. The zero-order chi connectivity index (χ0) is 22.9. The number of rotatable bonds is 4. The summed E-state index contributed by atoms with van der Waals surface area (Å²) in [5, 5.41) is 11.1. The van der Waals surface area contributed by atoms with Crippen molar-refractivity contribution in [3.8, 4) is 5.88 Å². The van der Waals surface area contributed by atoms with Crippen LogP contribution in [0.4, 0.5) is 13.2 Å². The fourth-order valence-corrected chi connectivity index (χ4v) is 5.11. The molecule has 1 N–H and O–H groups in total. The van der Waals surface area contributed by atoms with Gasteiger partial charge in [0, 0.05) is 49.5 Å². The highest BCUT2D eigenvalue weighted by Gasteiger charge is 2.52. The third-order valence-corrected chi connectivity index (χ3v) is 6.89. The van der Waals surface area contributed by atoms with E-state index in [9.17, 15) is 18.0 Å². The number of aliphatic carboxylic acids is 1. The van der Waals surface area contributed by atoms with Crippen LogP contribution in [0.2, 0.25) is 0 Å². The van der Waals surface area contributed by atoms with Crippen LogP contribution >= 0.6 is 11.8 Å². The smallest absolute Gasteiger partial charge is 0.475 e. The number of carbonyl (C=O) groups excluding carboxylic acids is 1. The summed E-state index contributed by atoms with van der Waals surface area (Å²) < 4.78 is 43.1. The van der Waals surface area contributed by atoms with Crippen molar-refractivity contribution in [1.29, 1.82) is 0 Å². The van der Waals surface area contributed by atoms with Crippen molar-refractivity contribution in [3.05, 3.63) is 41.9 Å². The Bertz CT molecular complexity index is 974. The zero-order valence-electron chi connectivity index (χ0n) is 16.7. The maximum Gasteiger partial charge on any atom is 0.490 e. The lowest BCUT2D eigenvalue weighted by Gasteiger charge is -2.47. The van der Waals surface area contributed by atoms with Gasteiger partial charge in [-0.2, -0.15) is 13.2 Å². The molecule has 2 aliphatic heterocycles. The van der Waals surface area contributed by atoms with Crippen molar-refractivity contribution >= 4 is 23.6 Å². The van der Waals surface area contributed by atoms with Crippen LogP contribution < -0.4 is 4.74 Å². The Labute approximate surface area is 185 Å². The number of likely N-dealkylation sites (tertiary alicyclic amines) is 1. The Morgan fingerprint density at radius 2 is 2.00 bits per heavy atom. The second kappa shape index (κ2) is 8.64. The second-order valence-corrected chi connectivity index (χ2v) is 9.45. The number of pyridine rings is 1. The molecule has 1 atom stereocenters. The maximum absolute atomic E-state index is 12.5. The molecule has 2 aromatic rings. The standard InChI is InChI=1S/C18H19N3O3S.C2HF3O2/c22-17(14-7-15(24-20-14)12-4-5-12)21-10-18(11-21)8-13(9-25-18)23-16-3-1-2-6-19-16;3-2(4,5)1(6)7/h1-3,6-7,12-13H,4-5,8-11H2;(H,6,7). The number of ether oxygens (including phenoxy) is 1. The van der Waals surface area contributed by atoms with Gasteiger partial charge in [0.05, 0.1) is 4.75 Å². The number of halogens is 3. The third-order valence-electron chi connectivity index (χ3n) is 5.32. The summed E-state index contributed by atoms with van der Waals surface area (Å²) in [5.41, 5.74) is 0.445. The highest BCUT2D eigenvalue weighted by atomic mass is 32.2. The van der Waals surface area contributed by atoms with Crippen LogP contribution in [0.25, 0.3) is 0 Å². The van der Waals surface area contributed by atoms with Crippen molar-refractivity contribution < 1.29 is 37.1 Å². The summed E-state index contributed by atoms with van der Waals surface area (Å²) in [6.45, 7) is 1.51. The topological polar surface area (TPSA) is 106 Å². The fourth-order valence-electron chi connectivity index (χ4n) is 3.59. The Balaban J connectivity index is 0.000000307. The summed E-state index contributed by atoms with van der Waals surface area (Å²) in [6, 6.07) is 7.51. The van der Waals surface area contributed by atoms with Crippen LogP contribution in [0.1, 0.15) is 41.4 Å². The number of hydrogen-bond acceptors (Lipinski definition) is 7. The molecule has 4 heterocycles. The summed E-state index contributed by atoms with van der Waals surface area (Å²) in [5.74, 6) is 0.175. The molecule has 0 bridgehead atoms. The number of nitrogens with zero attached hydrogens (tertiary/aromatic N) is 3. The van der Waals surface area contributed by atoms with E-state index in [4.69, 9.17) is 19.2 Å². The molecule has 2 aromatic heterocycles. The molecule has 172 valence electrons. The molecule has 0 radical (unpaired) electrons. The SMILES string of the molecule is O=C(O)C(F)(F)F.O=C(c1cc(C2CC2)on1)N1CC2(CC(Oc3ccccn3)CS2)C1. The highest BCUT2D eigenvalue weighted by Crippen LogP contribution is 2.46. The molecule has 12 heteroatoms. The summed E-state index contributed by atoms with van der Waals surface area (Å²) in [4.78, 5) is 27.5. The van der Waals surface area contributed by atoms with E-state index in [1.165, 1.54) is 0 Å². The van der Waals surface area contributed by atoms with Crippen LogP contribution in [0, 0.1) is 0 Å². The highest BCUT2D eigenvalue weighted by molar-refractivity contribution is 8.01. The average Bonchev–Trinajstić information content (AvgIpc) is 3.29. The van der Waals surface area contributed by atoms with Gasteiger partial charge in [0.2, 0.25) is 5.88 Å². The van der Waals surface area contributed by atoms with E-state index in [0.717, 1.165) is 43.9 Å². The molecule has 1 aliphatic carbocycles. The molecule has 8 nitrogen and oxygen atoms in total. The molecule has 1 amide bonds. The van der Waals surface area contributed by atoms with Gasteiger partial charge in [0.15, 0.2) is 5.69 Å². The van der Waals surface area contributed by atoms with E-state index in [0.29, 0.717) is 17.5 Å². The Morgan fingerprint density at radius 3 is 2.59 bits per heavy atom.